The first kappa shape index (κ1) is 6.96. The average Bonchev–Trinajstić information content (AvgIpc) is 2.15. The third-order valence-electron chi connectivity index (χ3n) is 1.12. The van der Waals surface area contributed by atoms with E-state index in [4.69, 9.17) is 0 Å². The molecule has 48 valence electrons. The summed E-state index contributed by atoms with van der Waals surface area (Å²) in [5.41, 5.74) is 1.04. The summed E-state index contributed by atoms with van der Waals surface area (Å²) in [7, 11) is 0. The Hall–Kier alpha value is -0.150. The van der Waals surface area contributed by atoms with Crippen LogP contribution in [0.15, 0.2) is 9.85 Å². The van der Waals surface area contributed by atoms with Gasteiger partial charge in [-0.05, 0) is 28.4 Å². The molecule has 1 rings (SSSR count). The highest BCUT2D eigenvalue weighted by molar-refractivity contribution is 9.10. The predicted molar refractivity (Wildman–Crippen MR) is 42.1 cm³/mol. The smallest absolute Gasteiger partial charge is 0.160 e. The van der Waals surface area contributed by atoms with Gasteiger partial charge in [0.1, 0.15) is 0 Å². The topological polar surface area (TPSA) is 17.1 Å². The molecule has 1 aromatic rings. The lowest BCUT2D eigenvalue weighted by atomic mass is 10.3. The van der Waals surface area contributed by atoms with Crippen LogP contribution in [-0.4, -0.2) is 6.29 Å². The summed E-state index contributed by atoms with van der Waals surface area (Å²) < 4.78 is 1.02. The molecule has 0 spiro atoms. The molecule has 0 aromatic carbocycles. The zero-order valence-corrected chi connectivity index (χ0v) is 7.25. The molecule has 0 aliphatic rings. The quantitative estimate of drug-likeness (QED) is 0.644. The number of thiophene rings is 1. The lowest BCUT2D eigenvalue weighted by molar-refractivity contribution is 0.112. The molecule has 0 bridgehead atoms. The van der Waals surface area contributed by atoms with Gasteiger partial charge in [0.25, 0.3) is 0 Å². The van der Waals surface area contributed by atoms with Gasteiger partial charge in [0, 0.05) is 9.85 Å². The van der Waals surface area contributed by atoms with Gasteiger partial charge in [-0.3, -0.25) is 4.79 Å². The highest BCUT2D eigenvalue weighted by atomic mass is 79.9. The Kier molecular flexibility index (Phi) is 2.03. The van der Waals surface area contributed by atoms with E-state index in [1.54, 1.807) is 0 Å². The number of carbonyl (C=O) groups is 1. The summed E-state index contributed by atoms with van der Waals surface area (Å²) >= 11 is 4.77. The number of rotatable bonds is 1. The third kappa shape index (κ3) is 1.22. The Balaban J connectivity index is 3.18. The van der Waals surface area contributed by atoms with Gasteiger partial charge in [0.2, 0.25) is 0 Å². The summed E-state index contributed by atoms with van der Waals surface area (Å²) in [6, 6.07) is 0. The Bertz CT molecular complexity index is 229. The fourth-order valence-electron chi connectivity index (χ4n) is 0.526. The molecule has 0 fully saturated rings. The van der Waals surface area contributed by atoms with E-state index in [9.17, 15) is 4.79 Å². The molecule has 0 unspecified atom stereocenters. The van der Waals surface area contributed by atoms with E-state index in [1.807, 2.05) is 12.3 Å². The van der Waals surface area contributed by atoms with Gasteiger partial charge in [0.15, 0.2) is 6.29 Å². The summed E-state index contributed by atoms with van der Waals surface area (Å²) in [4.78, 5) is 11.0. The van der Waals surface area contributed by atoms with Gasteiger partial charge >= 0.3 is 0 Å². The van der Waals surface area contributed by atoms with Gasteiger partial charge in [-0.25, -0.2) is 0 Å². The first-order valence-corrected chi connectivity index (χ1v) is 4.11. The normalized spacial score (nSPS) is 9.56. The van der Waals surface area contributed by atoms with Crippen LogP contribution >= 0.6 is 27.3 Å². The average molecular weight is 205 g/mol. The van der Waals surface area contributed by atoms with E-state index < -0.39 is 0 Å². The zero-order chi connectivity index (χ0) is 6.85. The zero-order valence-electron chi connectivity index (χ0n) is 4.85. The Labute approximate surface area is 65.8 Å². The standard InChI is InChI=1S/C6H5BrOS/c1-4-5(7)3-9-6(4)2-8/h2-3H,1H3. The number of hydrogen-bond donors (Lipinski definition) is 0. The van der Waals surface area contributed by atoms with Crippen LogP contribution in [-0.2, 0) is 0 Å². The molecule has 0 amide bonds. The van der Waals surface area contributed by atoms with Crippen molar-refractivity contribution in [1.29, 1.82) is 0 Å². The second kappa shape index (κ2) is 2.62. The van der Waals surface area contributed by atoms with Crippen LogP contribution in [0.3, 0.4) is 0 Å². The van der Waals surface area contributed by atoms with E-state index in [0.29, 0.717) is 0 Å². The van der Waals surface area contributed by atoms with Crippen LogP contribution in [0.4, 0.5) is 0 Å². The number of hydrogen-bond acceptors (Lipinski definition) is 2. The van der Waals surface area contributed by atoms with Crippen molar-refractivity contribution in [2.24, 2.45) is 0 Å². The van der Waals surface area contributed by atoms with Crippen molar-refractivity contribution < 1.29 is 4.79 Å². The molecule has 1 nitrogen and oxygen atoms in total. The molecular weight excluding hydrogens is 200 g/mol. The molecule has 0 aliphatic heterocycles. The molecule has 3 heteroatoms. The van der Waals surface area contributed by atoms with Gasteiger partial charge in [-0.2, -0.15) is 0 Å². The minimum absolute atomic E-state index is 0.807. The molecule has 9 heavy (non-hydrogen) atoms. The predicted octanol–water partition coefficient (Wildman–Crippen LogP) is 2.63. The molecule has 1 aromatic heterocycles. The maximum Gasteiger partial charge on any atom is 0.160 e. The van der Waals surface area contributed by atoms with Crippen molar-refractivity contribution in [3.63, 3.8) is 0 Å². The molecule has 0 radical (unpaired) electrons. The minimum Gasteiger partial charge on any atom is -0.297 e. The van der Waals surface area contributed by atoms with Crippen molar-refractivity contribution in [1.82, 2.24) is 0 Å². The van der Waals surface area contributed by atoms with E-state index in [-0.39, 0.29) is 0 Å². The molecule has 0 N–H and O–H groups in total. The van der Waals surface area contributed by atoms with Crippen molar-refractivity contribution in [3.8, 4) is 0 Å². The number of aldehydes is 1. The largest absolute Gasteiger partial charge is 0.297 e. The molecule has 0 aliphatic carbocycles. The summed E-state index contributed by atoms with van der Waals surface area (Å²) in [5.74, 6) is 0. The first-order chi connectivity index (χ1) is 4.25. The van der Waals surface area contributed by atoms with Crippen molar-refractivity contribution in [3.05, 3.63) is 20.3 Å². The van der Waals surface area contributed by atoms with Crippen LogP contribution in [0.1, 0.15) is 15.2 Å². The van der Waals surface area contributed by atoms with Crippen molar-refractivity contribution >= 4 is 33.6 Å². The van der Waals surface area contributed by atoms with Crippen LogP contribution in [0, 0.1) is 6.92 Å². The van der Waals surface area contributed by atoms with Crippen molar-refractivity contribution in [2.45, 2.75) is 6.92 Å². The highest BCUT2D eigenvalue weighted by Gasteiger charge is 2.01. The highest BCUT2D eigenvalue weighted by Crippen LogP contribution is 2.24. The van der Waals surface area contributed by atoms with Crippen molar-refractivity contribution in [2.75, 3.05) is 0 Å². The second-order valence-corrected chi connectivity index (χ2v) is 3.46. The molecule has 0 atom stereocenters. The maximum atomic E-state index is 10.2. The van der Waals surface area contributed by atoms with E-state index >= 15 is 0 Å². The third-order valence-corrected chi connectivity index (χ3v) is 3.26. The SMILES string of the molecule is Cc1c(Br)csc1C=O. The number of carbonyl (C=O) groups excluding carboxylic acids is 1. The van der Waals surface area contributed by atoms with E-state index in [1.165, 1.54) is 11.3 Å². The fraction of sp³-hybridized carbons (Fsp3) is 0.167. The Morgan fingerprint density at radius 2 is 2.44 bits per heavy atom. The van der Waals surface area contributed by atoms with Crippen LogP contribution in [0.5, 0.6) is 0 Å². The summed E-state index contributed by atoms with van der Waals surface area (Å²) in [5, 5.41) is 1.92. The maximum absolute atomic E-state index is 10.2. The van der Waals surface area contributed by atoms with Crippen LogP contribution in [0.2, 0.25) is 0 Å². The monoisotopic (exact) mass is 204 g/mol. The Morgan fingerprint density at radius 3 is 2.67 bits per heavy atom. The minimum atomic E-state index is 0.807. The Morgan fingerprint density at radius 1 is 1.78 bits per heavy atom. The van der Waals surface area contributed by atoms with Gasteiger partial charge in [-0.15, -0.1) is 11.3 Å². The first-order valence-electron chi connectivity index (χ1n) is 2.44. The summed E-state index contributed by atoms with van der Waals surface area (Å²) in [6.07, 6.45) is 0.880. The van der Waals surface area contributed by atoms with Gasteiger partial charge in [0.05, 0.1) is 4.88 Å². The van der Waals surface area contributed by atoms with Gasteiger partial charge < -0.3 is 0 Å². The number of halogens is 1. The molecule has 1 heterocycles. The molecular formula is C6H5BrOS. The molecule has 0 saturated carbocycles. The lowest BCUT2D eigenvalue weighted by Crippen LogP contribution is -1.74. The second-order valence-electron chi connectivity index (χ2n) is 1.69. The van der Waals surface area contributed by atoms with Crippen LogP contribution < -0.4 is 0 Å². The fourth-order valence-corrected chi connectivity index (χ4v) is 1.90. The lowest BCUT2D eigenvalue weighted by Gasteiger charge is -1.84. The van der Waals surface area contributed by atoms with Crippen LogP contribution in [0.25, 0.3) is 0 Å². The van der Waals surface area contributed by atoms with E-state index in [2.05, 4.69) is 15.9 Å². The summed E-state index contributed by atoms with van der Waals surface area (Å²) in [6.45, 7) is 1.92. The van der Waals surface area contributed by atoms with E-state index in [0.717, 1.165) is 21.2 Å². The molecule has 0 saturated heterocycles. The van der Waals surface area contributed by atoms with Gasteiger partial charge in [-0.1, -0.05) is 0 Å².